The highest BCUT2D eigenvalue weighted by molar-refractivity contribution is 5.97. The van der Waals surface area contributed by atoms with Crippen LogP contribution >= 0.6 is 0 Å². The topological polar surface area (TPSA) is 90.6 Å². The maximum atomic E-state index is 12.6. The van der Waals surface area contributed by atoms with Crippen LogP contribution in [0.4, 0.5) is 5.82 Å². The van der Waals surface area contributed by atoms with Gasteiger partial charge in [-0.15, -0.1) is 0 Å². The predicted octanol–water partition coefficient (Wildman–Crippen LogP) is 3.99. The van der Waals surface area contributed by atoms with E-state index in [4.69, 9.17) is 0 Å². The smallest absolute Gasteiger partial charge is 0.187 e. The van der Waals surface area contributed by atoms with Crippen molar-refractivity contribution >= 4 is 22.6 Å². The quantitative estimate of drug-likeness (QED) is 0.494. The zero-order chi connectivity index (χ0) is 20.7. The van der Waals surface area contributed by atoms with Crippen LogP contribution in [0.25, 0.3) is 22.3 Å². The van der Waals surface area contributed by atoms with E-state index in [9.17, 15) is 4.79 Å². The van der Waals surface area contributed by atoms with Crippen LogP contribution in [0.3, 0.4) is 0 Å². The van der Waals surface area contributed by atoms with Gasteiger partial charge < -0.3 is 9.88 Å². The first kappa shape index (κ1) is 18.5. The molecule has 0 atom stereocenters. The van der Waals surface area contributed by atoms with E-state index in [-0.39, 0.29) is 12.2 Å². The van der Waals surface area contributed by atoms with E-state index in [1.807, 2.05) is 32.2 Å². The third-order valence-corrected chi connectivity index (χ3v) is 5.90. The summed E-state index contributed by atoms with van der Waals surface area (Å²) in [4.78, 5) is 27.4. The number of rotatable bonds is 5. The molecule has 4 aromatic rings. The minimum Gasteiger partial charge on any atom is -0.357 e. The van der Waals surface area contributed by atoms with Gasteiger partial charge in [0.1, 0.15) is 17.2 Å². The van der Waals surface area contributed by atoms with Gasteiger partial charge in [0, 0.05) is 59.8 Å². The summed E-state index contributed by atoms with van der Waals surface area (Å²) < 4.78 is 0. The molecule has 30 heavy (non-hydrogen) atoms. The lowest BCUT2D eigenvalue weighted by Gasteiger charge is -2.16. The number of aromatic amines is 2. The Bertz CT molecular complexity index is 1230. The molecule has 5 rings (SSSR count). The van der Waals surface area contributed by atoms with E-state index >= 15 is 0 Å². The summed E-state index contributed by atoms with van der Waals surface area (Å²) >= 11 is 0. The van der Waals surface area contributed by atoms with Crippen LogP contribution in [0.15, 0.2) is 36.7 Å². The summed E-state index contributed by atoms with van der Waals surface area (Å²) in [5, 5.41) is 8.02. The van der Waals surface area contributed by atoms with Gasteiger partial charge in [-0.05, 0) is 56.5 Å². The second-order valence-corrected chi connectivity index (χ2v) is 7.98. The van der Waals surface area contributed by atoms with Gasteiger partial charge in [-0.2, -0.15) is 5.10 Å². The average Bonchev–Trinajstić information content (AvgIpc) is 3.49. The molecule has 0 amide bonds. The molecule has 0 unspecified atom stereocenters. The Balaban J connectivity index is 1.41. The van der Waals surface area contributed by atoms with Gasteiger partial charge in [0.25, 0.3) is 0 Å². The zero-order valence-electron chi connectivity index (χ0n) is 17.2. The Hall–Kier alpha value is -3.48. The van der Waals surface area contributed by atoms with Crippen LogP contribution in [0.5, 0.6) is 0 Å². The van der Waals surface area contributed by atoms with Crippen LogP contribution in [0.2, 0.25) is 0 Å². The van der Waals surface area contributed by atoms with Crippen molar-refractivity contribution in [3.63, 3.8) is 0 Å². The molecule has 1 aliphatic heterocycles. The largest absolute Gasteiger partial charge is 0.357 e. The van der Waals surface area contributed by atoms with Gasteiger partial charge in [-0.1, -0.05) is 0 Å². The molecule has 152 valence electrons. The molecular weight excluding hydrogens is 376 g/mol. The van der Waals surface area contributed by atoms with Crippen molar-refractivity contribution in [1.82, 2.24) is 25.1 Å². The van der Waals surface area contributed by atoms with Gasteiger partial charge in [0.15, 0.2) is 5.78 Å². The minimum absolute atomic E-state index is 0.00171. The Morgan fingerprint density at radius 3 is 2.73 bits per heavy atom. The highest BCUT2D eigenvalue weighted by Gasteiger charge is 2.17. The number of carbonyl (C=O) groups is 1. The number of fused-ring (bicyclic) bond motifs is 1. The standard InChI is InChI=1S/C23H24N6O/c1-14-15(2)27-28-22(14)20(30)10-16-9-18-11-19(26-23(18)25-13-16)17-5-6-24-21(12-17)29-7-3-4-8-29/h5-6,9,11-13H,3-4,7-8,10H2,1-2H3,(H,25,26)(H,27,28). The number of H-pyrrole nitrogens is 2. The number of nitrogens with zero attached hydrogens (tertiary/aromatic N) is 4. The molecule has 0 bridgehead atoms. The summed E-state index contributed by atoms with van der Waals surface area (Å²) in [6, 6.07) is 8.25. The number of ketones is 1. The average molecular weight is 400 g/mol. The molecule has 4 aromatic heterocycles. The fourth-order valence-corrected chi connectivity index (χ4v) is 4.04. The number of hydrogen-bond donors (Lipinski definition) is 2. The summed E-state index contributed by atoms with van der Waals surface area (Å²) in [7, 11) is 0. The van der Waals surface area contributed by atoms with Crippen LogP contribution in [0, 0.1) is 13.8 Å². The van der Waals surface area contributed by atoms with Crippen LogP contribution in [-0.4, -0.2) is 44.0 Å². The van der Waals surface area contributed by atoms with E-state index in [1.54, 1.807) is 6.20 Å². The third kappa shape index (κ3) is 3.36. The molecule has 0 spiro atoms. The number of carbonyl (C=O) groups excluding carboxylic acids is 1. The molecule has 7 nitrogen and oxygen atoms in total. The highest BCUT2D eigenvalue weighted by Crippen LogP contribution is 2.27. The van der Waals surface area contributed by atoms with E-state index in [0.717, 1.165) is 58.0 Å². The van der Waals surface area contributed by atoms with Gasteiger partial charge in [-0.25, -0.2) is 9.97 Å². The number of aryl methyl sites for hydroxylation is 1. The Labute approximate surface area is 174 Å². The second-order valence-electron chi connectivity index (χ2n) is 7.98. The number of hydrogen-bond acceptors (Lipinski definition) is 5. The lowest BCUT2D eigenvalue weighted by Crippen LogP contribution is -2.18. The molecule has 1 aliphatic rings. The van der Waals surface area contributed by atoms with E-state index in [1.165, 1.54) is 12.8 Å². The predicted molar refractivity (Wildman–Crippen MR) is 117 cm³/mol. The maximum Gasteiger partial charge on any atom is 0.187 e. The van der Waals surface area contributed by atoms with Crippen molar-refractivity contribution in [3.05, 3.63) is 59.2 Å². The fourth-order valence-electron chi connectivity index (χ4n) is 4.04. The highest BCUT2D eigenvalue weighted by atomic mass is 16.1. The molecule has 1 saturated heterocycles. The van der Waals surface area contributed by atoms with Crippen molar-refractivity contribution in [2.75, 3.05) is 18.0 Å². The number of Topliss-reactive ketones (excluding diaryl/α,β-unsaturated/α-hetero) is 1. The summed E-state index contributed by atoms with van der Waals surface area (Å²) in [5.74, 6) is 1.02. The monoisotopic (exact) mass is 400 g/mol. The molecule has 7 heteroatoms. The van der Waals surface area contributed by atoms with Gasteiger partial charge in [0.05, 0.1) is 0 Å². The minimum atomic E-state index is -0.00171. The van der Waals surface area contributed by atoms with Crippen LogP contribution < -0.4 is 4.90 Å². The van der Waals surface area contributed by atoms with Gasteiger partial charge in [-0.3, -0.25) is 9.89 Å². The molecule has 0 saturated carbocycles. The zero-order valence-corrected chi connectivity index (χ0v) is 17.2. The van der Waals surface area contributed by atoms with Crippen molar-refractivity contribution in [1.29, 1.82) is 0 Å². The van der Waals surface area contributed by atoms with Crippen molar-refractivity contribution < 1.29 is 4.79 Å². The first-order valence-corrected chi connectivity index (χ1v) is 10.3. The number of pyridine rings is 2. The van der Waals surface area contributed by atoms with E-state index in [2.05, 4.69) is 42.2 Å². The van der Waals surface area contributed by atoms with Gasteiger partial charge >= 0.3 is 0 Å². The van der Waals surface area contributed by atoms with E-state index in [0.29, 0.717) is 5.69 Å². The molecule has 1 fully saturated rings. The fraction of sp³-hybridized carbons (Fsp3) is 0.304. The van der Waals surface area contributed by atoms with Crippen molar-refractivity contribution in [2.45, 2.75) is 33.1 Å². The molecular formula is C23H24N6O. The lowest BCUT2D eigenvalue weighted by atomic mass is 10.0. The third-order valence-electron chi connectivity index (χ3n) is 5.90. The Morgan fingerprint density at radius 1 is 1.13 bits per heavy atom. The molecule has 0 radical (unpaired) electrons. The van der Waals surface area contributed by atoms with Gasteiger partial charge in [0.2, 0.25) is 0 Å². The summed E-state index contributed by atoms with van der Waals surface area (Å²) in [6.45, 7) is 5.97. The SMILES string of the molecule is Cc1[nH]nc(C(=O)Cc2cnc3[nH]c(-c4ccnc(N5CCCC5)c4)cc3c2)c1C. The second kappa shape index (κ2) is 7.40. The van der Waals surface area contributed by atoms with Crippen molar-refractivity contribution in [2.24, 2.45) is 0 Å². The molecule has 2 N–H and O–H groups in total. The Kier molecular flexibility index (Phi) is 4.58. The van der Waals surface area contributed by atoms with Crippen LogP contribution in [0.1, 0.15) is 40.2 Å². The lowest BCUT2D eigenvalue weighted by molar-refractivity contribution is 0.0987. The normalized spacial score (nSPS) is 14.0. The number of aromatic nitrogens is 5. The van der Waals surface area contributed by atoms with E-state index < -0.39 is 0 Å². The summed E-state index contributed by atoms with van der Waals surface area (Å²) in [6.07, 6.45) is 6.35. The summed E-state index contributed by atoms with van der Waals surface area (Å²) in [5.41, 5.74) is 6.12. The first-order valence-electron chi connectivity index (χ1n) is 10.3. The Morgan fingerprint density at radius 2 is 1.97 bits per heavy atom. The van der Waals surface area contributed by atoms with Crippen molar-refractivity contribution in [3.8, 4) is 11.3 Å². The number of nitrogens with one attached hydrogen (secondary N) is 2. The molecule has 0 aliphatic carbocycles. The maximum absolute atomic E-state index is 12.6. The molecule has 0 aromatic carbocycles. The van der Waals surface area contributed by atoms with Crippen LogP contribution in [-0.2, 0) is 6.42 Å². The molecule has 5 heterocycles. The first-order chi connectivity index (χ1) is 14.6. The number of anilines is 1.